The van der Waals surface area contributed by atoms with Crippen LogP contribution in [0.15, 0.2) is 53.1 Å². The second-order valence-electron chi connectivity index (χ2n) is 4.49. The molecule has 106 valence electrons. The van der Waals surface area contributed by atoms with Gasteiger partial charge in [-0.05, 0) is 52.3 Å². The first-order valence-corrected chi connectivity index (χ1v) is 6.90. The van der Waals surface area contributed by atoms with Crippen LogP contribution in [-0.2, 0) is 0 Å². The Morgan fingerprint density at radius 2 is 1.90 bits per heavy atom. The van der Waals surface area contributed by atoms with E-state index in [1.54, 1.807) is 30.5 Å². The van der Waals surface area contributed by atoms with Gasteiger partial charge < -0.3 is 5.73 Å². The summed E-state index contributed by atoms with van der Waals surface area (Å²) in [6.07, 6.45) is 1.60. The number of halogens is 3. The number of anilines is 1. The molecule has 21 heavy (non-hydrogen) atoms. The lowest BCUT2D eigenvalue weighted by molar-refractivity contribution is 0.621. The average molecular weight is 350 g/mol. The van der Waals surface area contributed by atoms with Gasteiger partial charge in [-0.25, -0.2) is 13.5 Å². The molecule has 0 atom stereocenters. The summed E-state index contributed by atoms with van der Waals surface area (Å²) in [5.74, 6) is -0.713. The van der Waals surface area contributed by atoms with Gasteiger partial charge in [0.05, 0.1) is 22.0 Å². The van der Waals surface area contributed by atoms with Crippen LogP contribution in [0, 0.1) is 11.6 Å². The molecule has 2 aromatic carbocycles. The van der Waals surface area contributed by atoms with Crippen molar-refractivity contribution in [3.63, 3.8) is 0 Å². The quantitative estimate of drug-likeness (QED) is 0.754. The molecule has 0 amide bonds. The summed E-state index contributed by atoms with van der Waals surface area (Å²) in [5.41, 5.74) is 8.13. The molecule has 3 nitrogen and oxygen atoms in total. The van der Waals surface area contributed by atoms with Crippen molar-refractivity contribution in [2.24, 2.45) is 0 Å². The fourth-order valence-electron chi connectivity index (χ4n) is 2.01. The van der Waals surface area contributed by atoms with Crippen LogP contribution in [0.5, 0.6) is 0 Å². The first kappa shape index (κ1) is 13.8. The van der Waals surface area contributed by atoms with Gasteiger partial charge in [0.1, 0.15) is 17.3 Å². The van der Waals surface area contributed by atoms with E-state index in [1.807, 2.05) is 0 Å². The van der Waals surface area contributed by atoms with Gasteiger partial charge >= 0.3 is 0 Å². The topological polar surface area (TPSA) is 43.8 Å². The molecule has 0 saturated heterocycles. The summed E-state index contributed by atoms with van der Waals surface area (Å²) in [4.78, 5) is 0. The number of rotatable bonds is 2. The summed E-state index contributed by atoms with van der Waals surface area (Å²) in [6.45, 7) is 0. The molecule has 3 rings (SSSR count). The molecule has 0 unspecified atom stereocenters. The minimum atomic E-state index is -0.359. The highest BCUT2D eigenvalue weighted by molar-refractivity contribution is 9.10. The number of hydrogen-bond donors (Lipinski definition) is 1. The lowest BCUT2D eigenvalue weighted by Crippen LogP contribution is -1.95. The third-order valence-corrected chi connectivity index (χ3v) is 3.62. The highest BCUT2D eigenvalue weighted by Crippen LogP contribution is 2.29. The smallest absolute Gasteiger partial charge is 0.137 e. The normalized spacial score (nSPS) is 10.8. The SMILES string of the molecule is Nc1cn(-c2cccc(F)c2)nc1-c1ccc(F)c(Br)c1. The molecule has 0 bridgehead atoms. The minimum Gasteiger partial charge on any atom is -0.396 e. The Morgan fingerprint density at radius 1 is 1.10 bits per heavy atom. The summed E-state index contributed by atoms with van der Waals surface area (Å²) in [5, 5.41) is 4.34. The fraction of sp³-hybridized carbons (Fsp3) is 0. The van der Waals surface area contributed by atoms with E-state index in [0.29, 0.717) is 27.1 Å². The van der Waals surface area contributed by atoms with Crippen molar-refractivity contribution < 1.29 is 8.78 Å². The first-order chi connectivity index (χ1) is 10.0. The number of nitrogen functional groups attached to an aromatic ring is 1. The zero-order valence-corrected chi connectivity index (χ0v) is 12.3. The summed E-state index contributed by atoms with van der Waals surface area (Å²) < 4.78 is 28.4. The Balaban J connectivity index is 2.07. The second kappa shape index (κ2) is 5.29. The molecule has 0 aliphatic carbocycles. The van der Waals surface area contributed by atoms with Crippen molar-refractivity contribution in [3.05, 3.63) is 64.8 Å². The molecule has 0 saturated carbocycles. The van der Waals surface area contributed by atoms with Gasteiger partial charge in [0.2, 0.25) is 0 Å². The fourth-order valence-corrected chi connectivity index (χ4v) is 2.38. The Hall–Kier alpha value is -2.21. The molecule has 1 aromatic heterocycles. The van der Waals surface area contributed by atoms with E-state index in [9.17, 15) is 8.78 Å². The zero-order chi connectivity index (χ0) is 15.0. The van der Waals surface area contributed by atoms with Crippen LogP contribution in [0.25, 0.3) is 16.9 Å². The van der Waals surface area contributed by atoms with Crippen molar-refractivity contribution >= 4 is 21.6 Å². The average Bonchev–Trinajstić information content (AvgIpc) is 2.84. The first-order valence-electron chi connectivity index (χ1n) is 6.11. The number of benzene rings is 2. The predicted octanol–water partition coefficient (Wildman–Crippen LogP) is 4.16. The van der Waals surface area contributed by atoms with Crippen molar-refractivity contribution in [1.82, 2.24) is 9.78 Å². The number of nitrogens with two attached hydrogens (primary N) is 1. The highest BCUT2D eigenvalue weighted by Gasteiger charge is 2.11. The van der Waals surface area contributed by atoms with Crippen LogP contribution in [0.4, 0.5) is 14.5 Å². The van der Waals surface area contributed by atoms with E-state index < -0.39 is 0 Å². The molecule has 2 N–H and O–H groups in total. The number of hydrogen-bond acceptors (Lipinski definition) is 2. The van der Waals surface area contributed by atoms with Crippen molar-refractivity contribution in [3.8, 4) is 16.9 Å². The van der Waals surface area contributed by atoms with Crippen LogP contribution in [-0.4, -0.2) is 9.78 Å². The molecule has 0 aliphatic rings. The van der Waals surface area contributed by atoms with Crippen LogP contribution < -0.4 is 5.73 Å². The monoisotopic (exact) mass is 349 g/mol. The lowest BCUT2D eigenvalue weighted by Gasteiger charge is -2.02. The van der Waals surface area contributed by atoms with E-state index in [0.717, 1.165) is 0 Å². The van der Waals surface area contributed by atoms with E-state index in [2.05, 4.69) is 21.0 Å². The summed E-state index contributed by atoms with van der Waals surface area (Å²) in [7, 11) is 0. The Morgan fingerprint density at radius 3 is 2.62 bits per heavy atom. The summed E-state index contributed by atoms with van der Waals surface area (Å²) in [6, 6.07) is 10.6. The van der Waals surface area contributed by atoms with Crippen LogP contribution in [0.2, 0.25) is 0 Å². The molecule has 0 fully saturated rings. The van der Waals surface area contributed by atoms with Gasteiger partial charge in [0, 0.05) is 5.56 Å². The van der Waals surface area contributed by atoms with Crippen LogP contribution >= 0.6 is 15.9 Å². The minimum absolute atomic E-state index is 0.333. The Kier molecular flexibility index (Phi) is 3.47. The maximum Gasteiger partial charge on any atom is 0.137 e. The van der Waals surface area contributed by atoms with Gasteiger partial charge in [-0.15, -0.1) is 0 Å². The molecule has 6 heteroatoms. The van der Waals surface area contributed by atoms with E-state index in [-0.39, 0.29) is 11.6 Å². The molecule has 3 aromatic rings. The van der Waals surface area contributed by atoms with Crippen LogP contribution in [0.3, 0.4) is 0 Å². The van der Waals surface area contributed by atoms with Crippen molar-refractivity contribution in [2.45, 2.75) is 0 Å². The van der Waals surface area contributed by atoms with Crippen LogP contribution in [0.1, 0.15) is 0 Å². The predicted molar refractivity (Wildman–Crippen MR) is 81.0 cm³/mol. The van der Waals surface area contributed by atoms with E-state index in [1.165, 1.54) is 22.9 Å². The maximum absolute atomic E-state index is 13.3. The standard InChI is InChI=1S/C15H10BrF2N3/c16-12-6-9(4-5-13(12)18)15-14(19)8-21(20-15)11-3-1-2-10(17)7-11/h1-8H,19H2. The largest absolute Gasteiger partial charge is 0.396 e. The van der Waals surface area contributed by atoms with Gasteiger partial charge in [-0.1, -0.05) is 6.07 Å². The molecular formula is C15H10BrF2N3. The third kappa shape index (κ3) is 2.67. The van der Waals surface area contributed by atoms with E-state index >= 15 is 0 Å². The number of nitrogens with zero attached hydrogens (tertiary/aromatic N) is 2. The lowest BCUT2D eigenvalue weighted by atomic mass is 10.1. The second-order valence-corrected chi connectivity index (χ2v) is 5.34. The van der Waals surface area contributed by atoms with Gasteiger partial charge in [-0.3, -0.25) is 0 Å². The van der Waals surface area contributed by atoms with Crippen molar-refractivity contribution in [1.29, 1.82) is 0 Å². The Labute approximate surface area is 128 Å². The molecule has 1 heterocycles. The summed E-state index contributed by atoms with van der Waals surface area (Å²) >= 11 is 3.13. The van der Waals surface area contributed by atoms with Gasteiger partial charge in [0.15, 0.2) is 0 Å². The molecule has 0 radical (unpaired) electrons. The van der Waals surface area contributed by atoms with Crippen molar-refractivity contribution in [2.75, 3.05) is 5.73 Å². The third-order valence-electron chi connectivity index (χ3n) is 3.01. The Bertz CT molecular complexity index is 814. The molecule has 0 spiro atoms. The molecule has 0 aliphatic heterocycles. The molecular weight excluding hydrogens is 340 g/mol. The number of aromatic nitrogens is 2. The maximum atomic E-state index is 13.3. The zero-order valence-electron chi connectivity index (χ0n) is 10.7. The highest BCUT2D eigenvalue weighted by atomic mass is 79.9. The van der Waals surface area contributed by atoms with E-state index in [4.69, 9.17) is 5.73 Å². The van der Waals surface area contributed by atoms with Gasteiger partial charge in [0.25, 0.3) is 0 Å². The van der Waals surface area contributed by atoms with Gasteiger partial charge in [-0.2, -0.15) is 5.10 Å².